The summed E-state index contributed by atoms with van der Waals surface area (Å²) in [5, 5.41) is 0. The van der Waals surface area contributed by atoms with Gasteiger partial charge in [-0.3, -0.25) is 4.79 Å². The number of ketones is 1. The molecule has 1 aliphatic rings. The second-order valence-electron chi connectivity index (χ2n) is 4.97. The van der Waals surface area contributed by atoms with Crippen molar-refractivity contribution in [3.05, 3.63) is 70.8 Å². The van der Waals surface area contributed by atoms with Gasteiger partial charge in [0.15, 0.2) is 5.78 Å². The van der Waals surface area contributed by atoms with E-state index < -0.39 is 6.10 Å². The van der Waals surface area contributed by atoms with Gasteiger partial charge in [0.05, 0.1) is 12.0 Å². The number of ether oxygens (including phenoxy) is 1. The van der Waals surface area contributed by atoms with Crippen molar-refractivity contribution in [2.45, 2.75) is 19.4 Å². The van der Waals surface area contributed by atoms with E-state index in [1.54, 1.807) is 24.3 Å². The molecule has 0 aliphatic carbocycles. The summed E-state index contributed by atoms with van der Waals surface area (Å²) < 4.78 is 5.29. The molecule has 1 aliphatic heterocycles. The number of cyclic esters (lactones) is 1. The van der Waals surface area contributed by atoms with E-state index in [1.807, 2.05) is 31.2 Å². The van der Waals surface area contributed by atoms with Gasteiger partial charge in [-0.2, -0.15) is 0 Å². The lowest BCUT2D eigenvalue weighted by molar-refractivity contribution is 0.0367. The second kappa shape index (κ2) is 4.93. The molecule has 0 N–H and O–H groups in total. The van der Waals surface area contributed by atoms with Gasteiger partial charge in [0.1, 0.15) is 6.10 Å². The first-order valence-electron chi connectivity index (χ1n) is 6.55. The molecule has 2 aromatic carbocycles. The largest absolute Gasteiger partial charge is 0.453 e. The molecule has 3 nitrogen and oxygen atoms in total. The Kier molecular flexibility index (Phi) is 3.11. The fourth-order valence-electron chi connectivity index (χ4n) is 2.40. The van der Waals surface area contributed by atoms with Crippen LogP contribution >= 0.6 is 0 Å². The van der Waals surface area contributed by atoms with Gasteiger partial charge in [-0.25, -0.2) is 4.79 Å². The minimum atomic E-state index is -0.465. The SMILES string of the molecule is Cc1ccc(C(=O)C[C@H]2OC(=O)c3ccccc32)cc1. The van der Waals surface area contributed by atoms with Gasteiger partial charge >= 0.3 is 5.97 Å². The van der Waals surface area contributed by atoms with Crippen molar-refractivity contribution in [1.82, 2.24) is 0 Å². The van der Waals surface area contributed by atoms with E-state index in [9.17, 15) is 9.59 Å². The smallest absolute Gasteiger partial charge is 0.339 e. The number of fused-ring (bicyclic) bond motifs is 1. The molecule has 0 spiro atoms. The van der Waals surface area contributed by atoms with Gasteiger partial charge in [-0.1, -0.05) is 48.0 Å². The van der Waals surface area contributed by atoms with Crippen LogP contribution in [0.3, 0.4) is 0 Å². The Bertz CT molecular complexity index is 671. The highest BCUT2D eigenvalue weighted by molar-refractivity contribution is 5.99. The van der Waals surface area contributed by atoms with Crippen LogP contribution in [-0.4, -0.2) is 11.8 Å². The van der Waals surface area contributed by atoms with Gasteiger partial charge < -0.3 is 4.74 Å². The van der Waals surface area contributed by atoms with Crippen molar-refractivity contribution in [1.29, 1.82) is 0 Å². The minimum absolute atomic E-state index is 0.0143. The Labute approximate surface area is 117 Å². The van der Waals surface area contributed by atoms with Crippen molar-refractivity contribution >= 4 is 11.8 Å². The zero-order chi connectivity index (χ0) is 14.1. The molecule has 3 rings (SSSR count). The number of hydrogen-bond donors (Lipinski definition) is 0. The first kappa shape index (κ1) is 12.6. The number of benzene rings is 2. The topological polar surface area (TPSA) is 43.4 Å². The van der Waals surface area contributed by atoms with Crippen molar-refractivity contribution in [2.24, 2.45) is 0 Å². The van der Waals surface area contributed by atoms with E-state index in [2.05, 4.69) is 0 Å². The van der Waals surface area contributed by atoms with Crippen LogP contribution in [0.4, 0.5) is 0 Å². The highest BCUT2D eigenvalue weighted by atomic mass is 16.5. The molecule has 20 heavy (non-hydrogen) atoms. The third kappa shape index (κ3) is 2.23. The van der Waals surface area contributed by atoms with E-state index >= 15 is 0 Å². The molecule has 100 valence electrons. The number of Topliss-reactive ketones (excluding diaryl/α,β-unsaturated/α-hetero) is 1. The van der Waals surface area contributed by atoms with Crippen molar-refractivity contribution in [3.63, 3.8) is 0 Å². The van der Waals surface area contributed by atoms with Crippen LogP contribution in [0.15, 0.2) is 48.5 Å². The zero-order valence-corrected chi connectivity index (χ0v) is 11.1. The average molecular weight is 266 g/mol. The van der Waals surface area contributed by atoms with Crippen LogP contribution in [0.25, 0.3) is 0 Å². The van der Waals surface area contributed by atoms with Gasteiger partial charge in [0, 0.05) is 11.1 Å². The predicted molar refractivity (Wildman–Crippen MR) is 74.7 cm³/mol. The summed E-state index contributed by atoms with van der Waals surface area (Å²) in [6, 6.07) is 14.6. The molecule has 2 aromatic rings. The molecular weight excluding hydrogens is 252 g/mol. The second-order valence-corrected chi connectivity index (χ2v) is 4.97. The van der Waals surface area contributed by atoms with Crippen LogP contribution < -0.4 is 0 Å². The Hall–Kier alpha value is -2.42. The molecule has 1 atom stereocenters. The molecule has 1 heterocycles. The lowest BCUT2D eigenvalue weighted by atomic mass is 9.98. The van der Waals surface area contributed by atoms with Gasteiger partial charge in [0.2, 0.25) is 0 Å². The van der Waals surface area contributed by atoms with Crippen LogP contribution in [0, 0.1) is 6.92 Å². The Morgan fingerprint density at radius 3 is 2.55 bits per heavy atom. The molecule has 0 saturated carbocycles. The summed E-state index contributed by atoms with van der Waals surface area (Å²) in [6.45, 7) is 1.98. The maximum Gasteiger partial charge on any atom is 0.339 e. The Morgan fingerprint density at radius 1 is 1.10 bits per heavy atom. The van der Waals surface area contributed by atoms with Crippen LogP contribution in [0.5, 0.6) is 0 Å². The number of aryl methyl sites for hydroxylation is 1. The molecule has 0 unspecified atom stereocenters. The fourth-order valence-corrected chi connectivity index (χ4v) is 2.40. The van der Waals surface area contributed by atoms with Gasteiger partial charge in [0.25, 0.3) is 0 Å². The normalized spacial score (nSPS) is 16.6. The average Bonchev–Trinajstić information content (AvgIpc) is 2.77. The highest BCUT2D eigenvalue weighted by Gasteiger charge is 2.32. The quantitative estimate of drug-likeness (QED) is 0.631. The Morgan fingerprint density at radius 2 is 1.80 bits per heavy atom. The predicted octanol–water partition coefficient (Wildman–Crippen LogP) is 3.48. The lowest BCUT2D eigenvalue weighted by Gasteiger charge is -2.09. The lowest BCUT2D eigenvalue weighted by Crippen LogP contribution is -2.07. The molecule has 0 bridgehead atoms. The number of carbonyl (C=O) groups is 2. The van der Waals surface area contributed by atoms with Crippen LogP contribution in [0.2, 0.25) is 0 Å². The third-order valence-corrected chi connectivity index (χ3v) is 3.52. The molecule has 0 fully saturated rings. The van der Waals surface area contributed by atoms with Crippen molar-refractivity contribution < 1.29 is 14.3 Å². The summed E-state index contributed by atoms with van der Waals surface area (Å²) in [7, 11) is 0. The van der Waals surface area contributed by atoms with E-state index in [-0.39, 0.29) is 18.2 Å². The standard InChI is InChI=1S/C17H14O3/c1-11-6-8-12(9-7-11)15(18)10-16-13-4-2-3-5-14(13)17(19)20-16/h2-9,16H,10H2,1H3/t16-/m1/s1. The van der Waals surface area contributed by atoms with E-state index in [0.717, 1.165) is 11.1 Å². The molecule has 0 radical (unpaired) electrons. The van der Waals surface area contributed by atoms with E-state index in [4.69, 9.17) is 4.74 Å². The number of esters is 1. The van der Waals surface area contributed by atoms with E-state index in [0.29, 0.717) is 11.1 Å². The number of rotatable bonds is 3. The zero-order valence-electron chi connectivity index (χ0n) is 11.1. The van der Waals surface area contributed by atoms with Gasteiger partial charge in [-0.15, -0.1) is 0 Å². The molecular formula is C17H14O3. The molecule has 0 aromatic heterocycles. The summed E-state index contributed by atoms with van der Waals surface area (Å²) in [5.74, 6) is -0.359. The first-order chi connectivity index (χ1) is 9.65. The summed E-state index contributed by atoms with van der Waals surface area (Å²) in [4.78, 5) is 23.9. The molecule has 3 heteroatoms. The monoisotopic (exact) mass is 266 g/mol. The number of carbonyl (C=O) groups excluding carboxylic acids is 2. The van der Waals surface area contributed by atoms with Gasteiger partial charge in [-0.05, 0) is 13.0 Å². The molecule has 0 amide bonds. The van der Waals surface area contributed by atoms with E-state index in [1.165, 1.54) is 0 Å². The molecule has 0 saturated heterocycles. The van der Waals surface area contributed by atoms with Crippen LogP contribution in [-0.2, 0) is 4.74 Å². The first-order valence-corrected chi connectivity index (χ1v) is 6.55. The summed E-state index contributed by atoms with van der Waals surface area (Å²) in [5.41, 5.74) is 3.13. The fraction of sp³-hybridized carbons (Fsp3) is 0.176. The third-order valence-electron chi connectivity index (χ3n) is 3.52. The Balaban J connectivity index is 1.81. The maximum atomic E-state index is 12.2. The summed E-state index contributed by atoms with van der Waals surface area (Å²) in [6.07, 6.45) is -0.279. The van der Waals surface area contributed by atoms with Crippen LogP contribution in [0.1, 0.15) is 44.4 Å². The minimum Gasteiger partial charge on any atom is -0.453 e. The van der Waals surface area contributed by atoms with Crippen molar-refractivity contribution in [3.8, 4) is 0 Å². The maximum absolute atomic E-state index is 12.2. The number of hydrogen-bond acceptors (Lipinski definition) is 3. The van der Waals surface area contributed by atoms with Crippen molar-refractivity contribution in [2.75, 3.05) is 0 Å². The highest BCUT2D eigenvalue weighted by Crippen LogP contribution is 2.33. The summed E-state index contributed by atoms with van der Waals surface area (Å²) >= 11 is 0.